The maximum absolute atomic E-state index is 13.1. The molecule has 1 heterocycles. The summed E-state index contributed by atoms with van der Waals surface area (Å²) in [6, 6.07) is 6.66. The molecule has 0 radical (unpaired) electrons. The molecule has 2 rings (SSSR count). The lowest BCUT2D eigenvalue weighted by Crippen LogP contribution is -2.15. The van der Waals surface area contributed by atoms with E-state index in [4.69, 9.17) is 10.9 Å². The highest BCUT2D eigenvalue weighted by atomic mass is 19.4. The molecular weight excluding hydrogens is 283 g/mol. The number of rotatable bonds is 2. The molecule has 21 heavy (non-hydrogen) atoms. The van der Waals surface area contributed by atoms with Crippen LogP contribution in [0.1, 0.15) is 16.8 Å². The summed E-state index contributed by atoms with van der Waals surface area (Å²) in [6.45, 7) is 1.70. The minimum atomic E-state index is -4.47. The summed E-state index contributed by atoms with van der Waals surface area (Å²) >= 11 is 0. The highest BCUT2D eigenvalue weighted by molar-refractivity contribution is 5.96. The fourth-order valence-corrected chi connectivity index (χ4v) is 1.93. The van der Waals surface area contributed by atoms with E-state index in [0.717, 1.165) is 6.07 Å². The van der Waals surface area contributed by atoms with E-state index in [2.05, 4.69) is 10.1 Å². The largest absolute Gasteiger partial charge is 0.417 e. The number of aromatic nitrogens is 1. The molecule has 0 spiro atoms. The summed E-state index contributed by atoms with van der Waals surface area (Å²) in [7, 11) is 0. The molecule has 0 aliphatic heterocycles. The molecule has 2 aromatic rings. The predicted octanol–water partition coefficient (Wildman–Crippen LogP) is 3.17. The van der Waals surface area contributed by atoms with Gasteiger partial charge in [0, 0.05) is 6.20 Å². The summed E-state index contributed by atoms with van der Waals surface area (Å²) in [6.07, 6.45) is -3.16. The van der Waals surface area contributed by atoms with Gasteiger partial charge in [0.05, 0.1) is 5.56 Å². The number of nitrogens with zero attached hydrogens (tertiary/aromatic N) is 2. The van der Waals surface area contributed by atoms with Crippen molar-refractivity contribution in [2.45, 2.75) is 13.1 Å². The highest BCUT2D eigenvalue weighted by Crippen LogP contribution is 2.37. The number of aryl methyl sites for hydroxylation is 1. The molecule has 0 saturated carbocycles. The molecule has 0 aliphatic carbocycles. The molecule has 0 atom stereocenters. The van der Waals surface area contributed by atoms with Crippen LogP contribution < -0.4 is 5.73 Å². The van der Waals surface area contributed by atoms with Crippen LogP contribution in [0.3, 0.4) is 0 Å². The number of oxime groups is 1. The third kappa shape index (κ3) is 3.13. The topological polar surface area (TPSA) is 71.5 Å². The van der Waals surface area contributed by atoms with Crippen molar-refractivity contribution >= 4 is 5.84 Å². The van der Waals surface area contributed by atoms with Crippen LogP contribution in [0.4, 0.5) is 13.2 Å². The second-order valence-electron chi connectivity index (χ2n) is 4.46. The third-order valence-corrected chi connectivity index (χ3v) is 2.92. The molecule has 0 fully saturated rings. The van der Waals surface area contributed by atoms with E-state index in [9.17, 15) is 13.2 Å². The number of alkyl halides is 3. The van der Waals surface area contributed by atoms with Crippen LogP contribution in [0.5, 0.6) is 0 Å². The number of nitrogens with two attached hydrogens (primary N) is 1. The van der Waals surface area contributed by atoms with Gasteiger partial charge in [0.1, 0.15) is 5.69 Å². The molecule has 3 N–H and O–H groups in total. The smallest absolute Gasteiger partial charge is 0.409 e. The Bertz CT molecular complexity index is 696. The highest BCUT2D eigenvalue weighted by Gasteiger charge is 2.33. The van der Waals surface area contributed by atoms with E-state index in [1.165, 1.54) is 30.5 Å². The van der Waals surface area contributed by atoms with Gasteiger partial charge < -0.3 is 10.9 Å². The zero-order valence-corrected chi connectivity index (χ0v) is 11.0. The Hall–Kier alpha value is -2.57. The van der Waals surface area contributed by atoms with Crippen LogP contribution in [-0.4, -0.2) is 16.0 Å². The van der Waals surface area contributed by atoms with Gasteiger partial charge in [-0.2, -0.15) is 13.2 Å². The van der Waals surface area contributed by atoms with Crippen molar-refractivity contribution in [1.29, 1.82) is 0 Å². The fraction of sp³-hybridized carbons (Fsp3) is 0.143. The molecule has 0 amide bonds. The summed E-state index contributed by atoms with van der Waals surface area (Å²) in [5, 5.41) is 11.4. The van der Waals surface area contributed by atoms with E-state index < -0.39 is 11.7 Å². The number of halogens is 3. The van der Waals surface area contributed by atoms with Crippen molar-refractivity contribution in [2.75, 3.05) is 0 Å². The standard InChI is InChI=1S/C14H12F3N3O/c1-8-2-3-11(14(15,16)17)10(6-8)9-4-5-19-12(7-9)13(18)20-21/h2-7,21H,1H3,(H2,18,20). The fourth-order valence-electron chi connectivity index (χ4n) is 1.93. The van der Waals surface area contributed by atoms with Gasteiger partial charge in [-0.15, -0.1) is 0 Å². The van der Waals surface area contributed by atoms with Crippen molar-refractivity contribution in [3.8, 4) is 11.1 Å². The quantitative estimate of drug-likeness (QED) is 0.387. The molecule has 4 nitrogen and oxygen atoms in total. The Labute approximate surface area is 118 Å². The Kier molecular flexibility index (Phi) is 3.84. The second kappa shape index (κ2) is 5.43. The van der Waals surface area contributed by atoms with Crippen LogP contribution in [-0.2, 0) is 6.18 Å². The molecule has 110 valence electrons. The average Bonchev–Trinajstić information content (AvgIpc) is 2.45. The van der Waals surface area contributed by atoms with Crippen molar-refractivity contribution in [2.24, 2.45) is 10.9 Å². The number of pyridine rings is 1. The summed E-state index contributed by atoms with van der Waals surface area (Å²) in [4.78, 5) is 3.85. The molecule has 0 unspecified atom stereocenters. The van der Waals surface area contributed by atoms with E-state index in [1.807, 2.05) is 0 Å². The summed E-state index contributed by atoms with van der Waals surface area (Å²) < 4.78 is 39.3. The first-order chi connectivity index (χ1) is 9.82. The first-order valence-electron chi connectivity index (χ1n) is 5.95. The van der Waals surface area contributed by atoms with Gasteiger partial charge in [0.15, 0.2) is 5.84 Å². The predicted molar refractivity (Wildman–Crippen MR) is 71.9 cm³/mol. The van der Waals surface area contributed by atoms with Gasteiger partial charge in [-0.1, -0.05) is 22.9 Å². The van der Waals surface area contributed by atoms with Crippen LogP contribution in [0.2, 0.25) is 0 Å². The molecule has 7 heteroatoms. The van der Waals surface area contributed by atoms with Gasteiger partial charge in [-0.3, -0.25) is 4.98 Å². The third-order valence-electron chi connectivity index (χ3n) is 2.92. The molecule has 0 saturated heterocycles. The lowest BCUT2D eigenvalue weighted by Gasteiger charge is -2.14. The number of amidine groups is 1. The van der Waals surface area contributed by atoms with E-state index in [1.54, 1.807) is 6.92 Å². The Morgan fingerprint density at radius 1 is 1.24 bits per heavy atom. The average molecular weight is 295 g/mol. The maximum atomic E-state index is 13.1. The minimum absolute atomic E-state index is 0.0249. The molecular formula is C14H12F3N3O. The van der Waals surface area contributed by atoms with Gasteiger partial charge in [0.25, 0.3) is 0 Å². The first kappa shape index (κ1) is 14.8. The van der Waals surface area contributed by atoms with Gasteiger partial charge in [-0.05, 0) is 36.2 Å². The molecule has 1 aromatic heterocycles. The van der Waals surface area contributed by atoms with Gasteiger partial charge in [-0.25, -0.2) is 0 Å². The van der Waals surface area contributed by atoms with Crippen molar-refractivity contribution < 1.29 is 18.4 Å². The Morgan fingerprint density at radius 3 is 2.57 bits per heavy atom. The second-order valence-corrected chi connectivity index (χ2v) is 4.46. The van der Waals surface area contributed by atoms with Crippen LogP contribution >= 0.6 is 0 Å². The van der Waals surface area contributed by atoms with Crippen molar-refractivity contribution in [1.82, 2.24) is 4.98 Å². The van der Waals surface area contributed by atoms with Crippen LogP contribution in [0, 0.1) is 6.92 Å². The minimum Gasteiger partial charge on any atom is -0.409 e. The zero-order chi connectivity index (χ0) is 15.6. The van der Waals surface area contributed by atoms with Gasteiger partial charge >= 0.3 is 6.18 Å². The number of benzene rings is 1. The monoisotopic (exact) mass is 295 g/mol. The van der Waals surface area contributed by atoms with Crippen molar-refractivity contribution in [3.63, 3.8) is 0 Å². The van der Waals surface area contributed by atoms with Crippen LogP contribution in [0.15, 0.2) is 41.7 Å². The van der Waals surface area contributed by atoms with E-state index in [-0.39, 0.29) is 17.1 Å². The molecule has 0 bridgehead atoms. The summed E-state index contributed by atoms with van der Waals surface area (Å²) in [5.41, 5.74) is 5.78. The lowest BCUT2D eigenvalue weighted by molar-refractivity contribution is -0.137. The Morgan fingerprint density at radius 2 is 1.95 bits per heavy atom. The summed E-state index contributed by atoms with van der Waals surface area (Å²) in [5.74, 6) is -0.266. The molecule has 1 aromatic carbocycles. The normalized spacial score (nSPS) is 12.5. The lowest BCUT2D eigenvalue weighted by atomic mass is 9.97. The molecule has 0 aliphatic rings. The Balaban J connectivity index is 2.64. The van der Waals surface area contributed by atoms with E-state index >= 15 is 0 Å². The number of hydrogen-bond donors (Lipinski definition) is 2. The maximum Gasteiger partial charge on any atom is 0.417 e. The van der Waals surface area contributed by atoms with E-state index in [0.29, 0.717) is 11.1 Å². The van der Waals surface area contributed by atoms with Gasteiger partial charge in [0.2, 0.25) is 0 Å². The zero-order valence-electron chi connectivity index (χ0n) is 11.0. The first-order valence-corrected chi connectivity index (χ1v) is 5.95. The SMILES string of the molecule is Cc1ccc(C(F)(F)F)c(-c2ccnc(/C(N)=N/O)c2)c1. The van der Waals surface area contributed by atoms with Crippen LogP contribution in [0.25, 0.3) is 11.1 Å². The number of hydrogen-bond acceptors (Lipinski definition) is 3. The van der Waals surface area contributed by atoms with Crippen molar-refractivity contribution in [3.05, 3.63) is 53.3 Å².